The number of hydrogen-bond donors (Lipinski definition) is 0. The smallest absolute Gasteiger partial charge is 0.253 e. The van der Waals surface area contributed by atoms with Gasteiger partial charge in [-0.1, -0.05) is 23.8 Å². The third-order valence-corrected chi connectivity index (χ3v) is 5.81. The van der Waals surface area contributed by atoms with Crippen molar-refractivity contribution >= 4 is 23.4 Å². The van der Waals surface area contributed by atoms with Gasteiger partial charge >= 0.3 is 0 Å². The highest BCUT2D eigenvalue weighted by molar-refractivity contribution is 5.99. The van der Waals surface area contributed by atoms with Gasteiger partial charge in [-0.3, -0.25) is 14.4 Å². The molecule has 6 nitrogen and oxygen atoms in total. The molecule has 0 aliphatic carbocycles. The van der Waals surface area contributed by atoms with E-state index in [1.54, 1.807) is 11.0 Å². The number of rotatable bonds is 3. The molecule has 0 saturated carbocycles. The maximum absolute atomic E-state index is 13.1. The molecule has 0 radical (unpaired) electrons. The summed E-state index contributed by atoms with van der Waals surface area (Å²) >= 11 is 0. The average molecular weight is 405 g/mol. The van der Waals surface area contributed by atoms with Crippen LogP contribution in [0.2, 0.25) is 0 Å². The first-order valence-electron chi connectivity index (χ1n) is 10.6. The lowest BCUT2D eigenvalue weighted by Gasteiger charge is -2.23. The van der Waals surface area contributed by atoms with Gasteiger partial charge < -0.3 is 14.7 Å². The number of amides is 3. The molecule has 2 aliphatic rings. The zero-order valence-electron chi connectivity index (χ0n) is 17.3. The second-order valence-corrected chi connectivity index (χ2v) is 8.01. The molecule has 0 atom stereocenters. The molecule has 0 N–H and O–H groups in total. The Bertz CT molecular complexity index is 972. The molecule has 2 aromatic rings. The first kappa shape index (κ1) is 20.1. The predicted octanol–water partition coefficient (Wildman–Crippen LogP) is 3.11. The molecule has 0 unspecified atom stereocenters. The first-order chi connectivity index (χ1) is 14.5. The van der Waals surface area contributed by atoms with Crippen LogP contribution >= 0.6 is 0 Å². The van der Waals surface area contributed by atoms with E-state index in [1.807, 2.05) is 59.2 Å². The highest BCUT2D eigenvalue weighted by Crippen LogP contribution is 2.23. The molecule has 2 heterocycles. The van der Waals surface area contributed by atoms with Crippen LogP contribution in [0.4, 0.5) is 5.69 Å². The number of hydrogen-bond acceptors (Lipinski definition) is 3. The minimum Gasteiger partial charge on any atom is -0.337 e. The van der Waals surface area contributed by atoms with Gasteiger partial charge in [-0.25, -0.2) is 0 Å². The molecule has 2 aromatic carbocycles. The summed E-state index contributed by atoms with van der Waals surface area (Å²) < 4.78 is 0. The van der Waals surface area contributed by atoms with Crippen LogP contribution < -0.4 is 4.90 Å². The highest BCUT2D eigenvalue weighted by Gasteiger charge is 2.25. The second-order valence-electron chi connectivity index (χ2n) is 8.01. The Balaban J connectivity index is 1.44. The minimum absolute atomic E-state index is 0.0162. The van der Waals surface area contributed by atoms with E-state index in [9.17, 15) is 14.4 Å². The van der Waals surface area contributed by atoms with Gasteiger partial charge in [-0.15, -0.1) is 0 Å². The molecule has 2 aliphatic heterocycles. The Labute approximate surface area is 177 Å². The van der Waals surface area contributed by atoms with Gasteiger partial charge in [0.05, 0.1) is 0 Å². The van der Waals surface area contributed by atoms with Gasteiger partial charge in [0.25, 0.3) is 11.8 Å². The summed E-state index contributed by atoms with van der Waals surface area (Å²) in [7, 11) is 0. The topological polar surface area (TPSA) is 60.9 Å². The van der Waals surface area contributed by atoms with Gasteiger partial charge in [0.1, 0.15) is 0 Å². The maximum Gasteiger partial charge on any atom is 0.253 e. The van der Waals surface area contributed by atoms with Crippen molar-refractivity contribution in [3.63, 3.8) is 0 Å². The summed E-state index contributed by atoms with van der Waals surface area (Å²) in [5.41, 5.74) is 3.13. The van der Waals surface area contributed by atoms with Crippen molar-refractivity contribution in [3.8, 4) is 0 Å². The van der Waals surface area contributed by atoms with Crippen molar-refractivity contribution in [1.29, 1.82) is 0 Å². The lowest BCUT2D eigenvalue weighted by molar-refractivity contribution is -0.117. The van der Waals surface area contributed by atoms with Crippen molar-refractivity contribution in [3.05, 3.63) is 65.2 Å². The Kier molecular flexibility index (Phi) is 5.84. The lowest BCUT2D eigenvalue weighted by atomic mass is 10.1. The van der Waals surface area contributed by atoms with Crippen LogP contribution in [0.5, 0.6) is 0 Å². The summed E-state index contributed by atoms with van der Waals surface area (Å²) in [6, 6.07) is 14.9. The Hall–Kier alpha value is -3.15. The van der Waals surface area contributed by atoms with E-state index < -0.39 is 0 Å². The van der Waals surface area contributed by atoms with Gasteiger partial charge in [0.2, 0.25) is 5.91 Å². The number of aryl methyl sites for hydroxylation is 1. The molecule has 4 rings (SSSR count). The van der Waals surface area contributed by atoms with Crippen LogP contribution in [-0.2, 0) is 4.79 Å². The number of carbonyl (C=O) groups excluding carboxylic acids is 3. The van der Waals surface area contributed by atoms with E-state index in [-0.39, 0.29) is 17.7 Å². The molecule has 0 bridgehead atoms. The molecule has 3 amide bonds. The lowest BCUT2D eigenvalue weighted by Crippen LogP contribution is -2.37. The van der Waals surface area contributed by atoms with E-state index in [1.165, 1.54) is 0 Å². The van der Waals surface area contributed by atoms with Crippen molar-refractivity contribution < 1.29 is 14.4 Å². The molecule has 156 valence electrons. The highest BCUT2D eigenvalue weighted by atomic mass is 16.2. The molecule has 2 fully saturated rings. The second kappa shape index (κ2) is 8.69. The Morgan fingerprint density at radius 3 is 2.00 bits per heavy atom. The standard InChI is InChI=1S/C24H27N3O3/c1-18-6-2-7-19(16-18)23(29)25-11-5-12-26(15-14-25)24(30)20-8-3-9-21(17-20)27-13-4-10-22(27)28/h2-3,6-9,16-17H,4-5,10-15H2,1H3. The third-order valence-electron chi connectivity index (χ3n) is 5.81. The maximum atomic E-state index is 13.1. The minimum atomic E-state index is -0.0478. The predicted molar refractivity (Wildman–Crippen MR) is 116 cm³/mol. The van der Waals surface area contributed by atoms with E-state index in [4.69, 9.17) is 0 Å². The molecule has 30 heavy (non-hydrogen) atoms. The summed E-state index contributed by atoms with van der Waals surface area (Å²) in [5.74, 6) is 0.0792. The van der Waals surface area contributed by atoms with Crippen LogP contribution in [0.3, 0.4) is 0 Å². The van der Waals surface area contributed by atoms with Crippen LogP contribution in [0, 0.1) is 6.92 Å². The van der Waals surface area contributed by atoms with E-state index in [0.29, 0.717) is 50.3 Å². The van der Waals surface area contributed by atoms with Crippen molar-refractivity contribution in [1.82, 2.24) is 9.80 Å². The fourth-order valence-corrected chi connectivity index (χ4v) is 4.19. The van der Waals surface area contributed by atoms with Gasteiger partial charge in [0.15, 0.2) is 0 Å². The Morgan fingerprint density at radius 2 is 1.40 bits per heavy atom. The van der Waals surface area contributed by atoms with Crippen LogP contribution in [0.25, 0.3) is 0 Å². The van der Waals surface area contributed by atoms with Crippen LogP contribution in [-0.4, -0.2) is 60.2 Å². The van der Waals surface area contributed by atoms with Crippen LogP contribution in [0.1, 0.15) is 45.5 Å². The van der Waals surface area contributed by atoms with Gasteiger partial charge in [-0.2, -0.15) is 0 Å². The third kappa shape index (κ3) is 4.22. The summed E-state index contributed by atoms with van der Waals surface area (Å²) in [6.45, 7) is 4.95. The Morgan fingerprint density at radius 1 is 0.767 bits per heavy atom. The number of carbonyl (C=O) groups is 3. The summed E-state index contributed by atoms with van der Waals surface area (Å²) in [6.07, 6.45) is 2.16. The van der Waals surface area contributed by atoms with Gasteiger partial charge in [0, 0.05) is 56.0 Å². The molecular weight excluding hydrogens is 378 g/mol. The molecule has 0 aromatic heterocycles. The van der Waals surface area contributed by atoms with E-state index in [2.05, 4.69) is 0 Å². The van der Waals surface area contributed by atoms with Crippen LogP contribution in [0.15, 0.2) is 48.5 Å². The molecule has 0 spiro atoms. The SMILES string of the molecule is Cc1cccc(C(=O)N2CCCN(C(=O)c3cccc(N4CCCC4=O)c3)CC2)c1. The van der Waals surface area contributed by atoms with E-state index in [0.717, 1.165) is 24.1 Å². The monoisotopic (exact) mass is 405 g/mol. The summed E-state index contributed by atoms with van der Waals surface area (Å²) in [4.78, 5) is 43.4. The fraction of sp³-hybridized carbons (Fsp3) is 0.375. The quantitative estimate of drug-likeness (QED) is 0.788. The van der Waals surface area contributed by atoms with Crippen molar-refractivity contribution in [2.75, 3.05) is 37.6 Å². The number of benzene rings is 2. The molecule has 2 saturated heterocycles. The average Bonchev–Trinajstić information content (AvgIpc) is 3.04. The van der Waals surface area contributed by atoms with Crippen molar-refractivity contribution in [2.45, 2.75) is 26.2 Å². The summed E-state index contributed by atoms with van der Waals surface area (Å²) in [5, 5.41) is 0. The van der Waals surface area contributed by atoms with Crippen molar-refractivity contribution in [2.24, 2.45) is 0 Å². The van der Waals surface area contributed by atoms with Gasteiger partial charge in [-0.05, 0) is 50.1 Å². The zero-order valence-corrected chi connectivity index (χ0v) is 17.3. The number of nitrogens with zero attached hydrogens (tertiary/aromatic N) is 3. The fourth-order valence-electron chi connectivity index (χ4n) is 4.19. The van der Waals surface area contributed by atoms with E-state index >= 15 is 0 Å². The molecular formula is C24H27N3O3. The zero-order chi connectivity index (χ0) is 21.1. The normalized spacial score (nSPS) is 17.2. The largest absolute Gasteiger partial charge is 0.337 e. The number of anilines is 1. The molecule has 6 heteroatoms. The first-order valence-corrected chi connectivity index (χ1v) is 10.6.